The summed E-state index contributed by atoms with van der Waals surface area (Å²) >= 11 is 11.9. The topological polar surface area (TPSA) is 84.0 Å². The molecule has 156 valence electrons. The lowest BCUT2D eigenvalue weighted by Gasteiger charge is -2.34. The Kier molecular flexibility index (Phi) is 6.43. The molecule has 1 aliphatic heterocycles. The van der Waals surface area contributed by atoms with Gasteiger partial charge in [-0.25, -0.2) is 5.01 Å². The number of hydrazine groups is 1. The molecule has 30 heavy (non-hydrogen) atoms. The van der Waals surface area contributed by atoms with Crippen LogP contribution in [0.4, 0.5) is 0 Å². The SMILES string of the molecule is COc1ccc(C(=O)[C@H](C)N(C(=O)c2ccc(Cl)c(Cl)c2)N2C(=O)CCC2=O)cc1. The summed E-state index contributed by atoms with van der Waals surface area (Å²) in [5.74, 6) is -1.71. The molecule has 0 saturated carbocycles. The Hall–Kier alpha value is -2.90. The van der Waals surface area contributed by atoms with Crippen LogP contribution in [0.5, 0.6) is 5.75 Å². The number of Topliss-reactive ketones (excluding diaryl/α,β-unsaturated/α-hetero) is 1. The fraction of sp³-hybridized carbons (Fsp3) is 0.238. The van der Waals surface area contributed by atoms with E-state index in [4.69, 9.17) is 27.9 Å². The van der Waals surface area contributed by atoms with Gasteiger partial charge in [-0.05, 0) is 49.4 Å². The molecule has 0 aromatic heterocycles. The summed E-state index contributed by atoms with van der Waals surface area (Å²) in [5.41, 5.74) is 0.389. The van der Waals surface area contributed by atoms with E-state index in [0.29, 0.717) is 11.3 Å². The number of hydrogen-bond acceptors (Lipinski definition) is 5. The number of carbonyl (C=O) groups excluding carboxylic acids is 4. The fourth-order valence-electron chi connectivity index (χ4n) is 3.11. The van der Waals surface area contributed by atoms with E-state index in [1.165, 1.54) is 32.2 Å². The minimum atomic E-state index is -1.13. The summed E-state index contributed by atoms with van der Waals surface area (Å²) in [6.07, 6.45) is -0.0686. The molecule has 0 spiro atoms. The minimum Gasteiger partial charge on any atom is -0.497 e. The summed E-state index contributed by atoms with van der Waals surface area (Å²) in [4.78, 5) is 51.1. The molecule has 1 fully saturated rings. The molecule has 9 heteroatoms. The summed E-state index contributed by atoms with van der Waals surface area (Å²) in [5, 5.41) is 2.02. The third-order valence-electron chi connectivity index (χ3n) is 4.74. The average molecular weight is 449 g/mol. The van der Waals surface area contributed by atoms with Crippen LogP contribution in [0, 0.1) is 0 Å². The van der Waals surface area contributed by atoms with E-state index in [9.17, 15) is 19.2 Å². The van der Waals surface area contributed by atoms with Crippen LogP contribution in [0.15, 0.2) is 42.5 Å². The van der Waals surface area contributed by atoms with E-state index < -0.39 is 29.5 Å². The first-order valence-corrected chi connectivity index (χ1v) is 9.82. The second-order valence-electron chi connectivity index (χ2n) is 6.65. The molecule has 0 N–H and O–H groups in total. The van der Waals surface area contributed by atoms with Gasteiger partial charge in [-0.2, -0.15) is 5.01 Å². The van der Waals surface area contributed by atoms with Crippen molar-refractivity contribution >= 4 is 46.7 Å². The first kappa shape index (κ1) is 21.8. The molecule has 0 unspecified atom stereocenters. The Morgan fingerprint density at radius 1 is 0.967 bits per heavy atom. The summed E-state index contributed by atoms with van der Waals surface area (Å²) in [6, 6.07) is 9.35. The monoisotopic (exact) mass is 448 g/mol. The summed E-state index contributed by atoms with van der Waals surface area (Å²) < 4.78 is 5.09. The Bertz CT molecular complexity index is 1010. The molecule has 2 aromatic rings. The molecule has 1 atom stereocenters. The Labute approximate surface area is 183 Å². The van der Waals surface area contributed by atoms with Crippen molar-refractivity contribution in [3.8, 4) is 5.75 Å². The predicted octanol–water partition coefficient (Wildman–Crippen LogP) is 3.78. The van der Waals surface area contributed by atoms with Gasteiger partial charge in [-0.1, -0.05) is 23.2 Å². The highest BCUT2D eigenvalue weighted by Gasteiger charge is 2.41. The number of ether oxygens (including phenoxy) is 1. The molecule has 0 bridgehead atoms. The second kappa shape index (κ2) is 8.85. The van der Waals surface area contributed by atoms with E-state index in [0.717, 1.165) is 10.0 Å². The van der Waals surface area contributed by atoms with Gasteiger partial charge in [0, 0.05) is 24.0 Å². The third kappa shape index (κ3) is 4.17. The van der Waals surface area contributed by atoms with Crippen molar-refractivity contribution in [2.45, 2.75) is 25.8 Å². The maximum absolute atomic E-state index is 13.3. The van der Waals surface area contributed by atoms with Gasteiger partial charge >= 0.3 is 0 Å². The largest absolute Gasteiger partial charge is 0.497 e. The van der Waals surface area contributed by atoms with Crippen LogP contribution in [0.3, 0.4) is 0 Å². The highest BCUT2D eigenvalue weighted by atomic mass is 35.5. The smallest absolute Gasteiger partial charge is 0.273 e. The highest BCUT2D eigenvalue weighted by Crippen LogP contribution is 2.26. The number of methoxy groups -OCH3 is 1. The average Bonchev–Trinajstić information content (AvgIpc) is 3.07. The van der Waals surface area contributed by atoms with Crippen LogP contribution >= 0.6 is 23.2 Å². The van der Waals surface area contributed by atoms with Crippen LogP contribution in [0.25, 0.3) is 0 Å². The standard InChI is InChI=1S/C21H18Cl2N2O5/c1-12(20(28)13-3-6-15(30-2)7-4-13)24(25-18(26)9-10-19(25)27)21(29)14-5-8-16(22)17(23)11-14/h3-8,11-12H,9-10H2,1-2H3/t12-/m0/s1. The Balaban J connectivity index is 2.00. The maximum atomic E-state index is 13.3. The first-order valence-electron chi connectivity index (χ1n) is 9.07. The third-order valence-corrected chi connectivity index (χ3v) is 5.48. The van der Waals surface area contributed by atoms with E-state index in [-0.39, 0.29) is 28.5 Å². The zero-order chi connectivity index (χ0) is 22.0. The van der Waals surface area contributed by atoms with Gasteiger partial charge in [0.25, 0.3) is 5.91 Å². The Morgan fingerprint density at radius 2 is 1.53 bits per heavy atom. The quantitative estimate of drug-likeness (QED) is 0.495. The van der Waals surface area contributed by atoms with E-state index in [1.54, 1.807) is 24.3 Å². The molecular weight excluding hydrogens is 431 g/mol. The molecule has 0 aliphatic carbocycles. The van der Waals surface area contributed by atoms with Crippen LogP contribution in [0.2, 0.25) is 10.0 Å². The number of halogens is 2. The number of nitrogens with zero attached hydrogens (tertiary/aromatic N) is 2. The highest BCUT2D eigenvalue weighted by molar-refractivity contribution is 6.42. The van der Waals surface area contributed by atoms with E-state index >= 15 is 0 Å². The van der Waals surface area contributed by atoms with E-state index in [2.05, 4.69) is 0 Å². The molecule has 3 amide bonds. The number of imide groups is 1. The number of hydrogen-bond donors (Lipinski definition) is 0. The lowest BCUT2D eigenvalue weighted by atomic mass is 10.0. The van der Waals surface area contributed by atoms with Crippen LogP contribution < -0.4 is 4.74 Å². The molecule has 2 aromatic carbocycles. The lowest BCUT2D eigenvalue weighted by Crippen LogP contribution is -2.55. The number of rotatable bonds is 6. The van der Waals surface area contributed by atoms with Gasteiger partial charge in [0.15, 0.2) is 5.78 Å². The minimum absolute atomic E-state index is 0.0343. The molecule has 0 radical (unpaired) electrons. The van der Waals surface area contributed by atoms with Gasteiger partial charge in [-0.3, -0.25) is 19.2 Å². The zero-order valence-electron chi connectivity index (χ0n) is 16.2. The van der Waals surface area contributed by atoms with Crippen LogP contribution in [-0.2, 0) is 9.59 Å². The van der Waals surface area contributed by atoms with Crippen molar-refractivity contribution in [1.29, 1.82) is 0 Å². The zero-order valence-corrected chi connectivity index (χ0v) is 17.7. The second-order valence-corrected chi connectivity index (χ2v) is 7.46. The van der Waals surface area contributed by atoms with Gasteiger partial charge in [0.2, 0.25) is 11.8 Å². The molecule has 7 nitrogen and oxygen atoms in total. The molecule has 1 heterocycles. The van der Waals surface area contributed by atoms with Crippen molar-refractivity contribution < 1.29 is 23.9 Å². The van der Waals surface area contributed by atoms with Crippen molar-refractivity contribution in [2.75, 3.05) is 7.11 Å². The van der Waals surface area contributed by atoms with Gasteiger partial charge in [0.1, 0.15) is 11.8 Å². The fourth-order valence-corrected chi connectivity index (χ4v) is 3.41. The van der Waals surface area contributed by atoms with Crippen molar-refractivity contribution in [2.24, 2.45) is 0 Å². The molecule has 1 saturated heterocycles. The van der Waals surface area contributed by atoms with Crippen molar-refractivity contribution in [3.05, 3.63) is 63.6 Å². The normalized spacial score (nSPS) is 14.6. The van der Waals surface area contributed by atoms with Crippen LogP contribution in [0.1, 0.15) is 40.5 Å². The molecule has 3 rings (SSSR count). The molecular formula is C21H18Cl2N2O5. The molecule has 1 aliphatic rings. The predicted molar refractivity (Wildman–Crippen MR) is 111 cm³/mol. The number of benzene rings is 2. The van der Waals surface area contributed by atoms with Gasteiger partial charge < -0.3 is 4.74 Å². The van der Waals surface area contributed by atoms with Crippen molar-refractivity contribution in [1.82, 2.24) is 10.0 Å². The first-order chi connectivity index (χ1) is 14.2. The number of carbonyl (C=O) groups is 4. The van der Waals surface area contributed by atoms with Gasteiger partial charge in [-0.15, -0.1) is 0 Å². The number of ketones is 1. The summed E-state index contributed by atoms with van der Waals surface area (Å²) in [6.45, 7) is 1.46. The summed E-state index contributed by atoms with van der Waals surface area (Å²) in [7, 11) is 1.50. The maximum Gasteiger partial charge on any atom is 0.273 e. The number of amides is 3. The van der Waals surface area contributed by atoms with Crippen molar-refractivity contribution in [3.63, 3.8) is 0 Å². The van der Waals surface area contributed by atoms with Crippen LogP contribution in [-0.4, -0.2) is 46.7 Å². The van der Waals surface area contributed by atoms with Gasteiger partial charge in [0.05, 0.1) is 17.2 Å². The lowest BCUT2D eigenvalue weighted by molar-refractivity contribution is -0.154. The Morgan fingerprint density at radius 3 is 2.07 bits per heavy atom. The van der Waals surface area contributed by atoms with E-state index in [1.807, 2.05) is 0 Å².